The summed E-state index contributed by atoms with van der Waals surface area (Å²) < 4.78 is 6.76. The molecule has 0 radical (unpaired) electrons. The van der Waals surface area contributed by atoms with Crippen LogP contribution >= 0.6 is 0 Å². The number of H-pyrrole nitrogens is 2. The van der Waals surface area contributed by atoms with Crippen molar-refractivity contribution in [2.45, 2.75) is 24.5 Å². The van der Waals surface area contributed by atoms with Crippen LogP contribution in [0.1, 0.15) is 6.23 Å². The minimum absolute atomic E-state index is 0.00402. The van der Waals surface area contributed by atoms with Crippen molar-refractivity contribution in [3.63, 3.8) is 0 Å². The molecule has 140 valence electrons. The van der Waals surface area contributed by atoms with Crippen molar-refractivity contribution in [3.8, 4) is 0 Å². The summed E-state index contributed by atoms with van der Waals surface area (Å²) in [6.07, 6.45) is -2.37. The van der Waals surface area contributed by atoms with Crippen LogP contribution in [-0.4, -0.2) is 72.7 Å². The third kappa shape index (κ3) is 2.85. The molecule has 0 spiro atoms. The Balaban J connectivity index is 2.03. The topological polar surface area (TPSA) is 195 Å². The van der Waals surface area contributed by atoms with E-state index in [0.29, 0.717) is 5.01 Å². The number of imidazole rings is 1. The monoisotopic (exact) mass is 369 g/mol. The van der Waals surface area contributed by atoms with Crippen LogP contribution in [0.3, 0.4) is 0 Å². The molecule has 2 amide bonds. The largest absolute Gasteiger partial charge is 0.394 e. The zero-order valence-electron chi connectivity index (χ0n) is 13.3. The van der Waals surface area contributed by atoms with E-state index in [1.807, 2.05) is 4.98 Å². The Morgan fingerprint density at radius 1 is 1.50 bits per heavy atom. The first-order valence-corrected chi connectivity index (χ1v) is 7.38. The van der Waals surface area contributed by atoms with E-state index in [1.54, 1.807) is 0 Å². The van der Waals surface area contributed by atoms with Crippen LogP contribution in [0.5, 0.6) is 0 Å². The number of nitrogens with zero attached hydrogens (tertiary/aromatic N) is 4. The van der Waals surface area contributed by atoms with Crippen LogP contribution in [0.4, 0.5) is 4.79 Å². The Hall–Kier alpha value is -3.10. The number of amides is 2. The third-order valence-electron chi connectivity index (χ3n) is 4.00. The first-order chi connectivity index (χ1) is 12.4. The molecule has 2 aromatic rings. The van der Waals surface area contributed by atoms with E-state index in [1.165, 1.54) is 10.9 Å². The summed E-state index contributed by atoms with van der Waals surface area (Å²) in [4.78, 5) is 54.0. The Morgan fingerprint density at radius 2 is 2.23 bits per heavy atom. The van der Waals surface area contributed by atoms with Crippen molar-refractivity contribution in [1.82, 2.24) is 29.8 Å². The lowest BCUT2D eigenvalue weighted by molar-refractivity contribution is -0.0440. The van der Waals surface area contributed by atoms with Crippen LogP contribution in [0.2, 0.25) is 0 Å². The molecule has 1 aliphatic heterocycles. The van der Waals surface area contributed by atoms with Crippen LogP contribution in [-0.2, 0) is 4.74 Å². The third-order valence-corrected chi connectivity index (χ3v) is 4.00. The number of nitroso groups, excluding NO2 is 1. The number of carbonyl (C=O) groups is 1. The van der Waals surface area contributed by atoms with E-state index in [2.05, 4.69) is 20.6 Å². The van der Waals surface area contributed by atoms with E-state index in [-0.39, 0.29) is 11.2 Å². The molecular weight excluding hydrogens is 354 g/mol. The lowest BCUT2D eigenvalue weighted by Crippen LogP contribution is -2.49. The molecule has 14 nitrogen and oxygen atoms in total. The maximum absolute atomic E-state index is 11.9. The van der Waals surface area contributed by atoms with Gasteiger partial charge >= 0.3 is 11.7 Å². The minimum Gasteiger partial charge on any atom is -0.394 e. The quantitative estimate of drug-likeness (QED) is 0.285. The molecule has 0 aliphatic carbocycles. The van der Waals surface area contributed by atoms with Crippen LogP contribution < -0.4 is 16.6 Å². The maximum atomic E-state index is 11.9. The van der Waals surface area contributed by atoms with Crippen molar-refractivity contribution >= 4 is 17.2 Å². The fraction of sp³-hybridized carbons (Fsp3) is 0.500. The summed E-state index contributed by atoms with van der Waals surface area (Å²) in [5, 5.41) is 24.9. The average Bonchev–Trinajstić information content (AvgIpc) is 3.16. The SMILES string of the molecule is CN(N=O)C(=O)N[C@@H]1[C@H](O)[C@@H](CO)O[C@H]1n1cnc2c(=O)[nH]c(=O)[nH]c21. The summed E-state index contributed by atoms with van der Waals surface area (Å²) in [6.45, 7) is -0.560. The van der Waals surface area contributed by atoms with Crippen molar-refractivity contribution in [2.24, 2.45) is 5.29 Å². The number of rotatable bonds is 4. The molecule has 14 heteroatoms. The number of carbonyl (C=O) groups excluding carboxylic acids is 1. The van der Waals surface area contributed by atoms with Gasteiger partial charge in [0, 0.05) is 7.05 Å². The molecule has 2 aromatic heterocycles. The van der Waals surface area contributed by atoms with Gasteiger partial charge in [-0.2, -0.15) is 5.01 Å². The Bertz CT molecular complexity index is 949. The lowest BCUT2D eigenvalue weighted by atomic mass is 10.1. The normalized spacial score (nSPS) is 25.3. The average molecular weight is 369 g/mol. The standard InChI is InChI=1S/C12H15N7O7/c1-18(17-25)12(24)14-5-7(21)4(2-20)26-10(5)19-3-13-6-8(19)15-11(23)16-9(6)22/h3-5,7,10,20-21H,2H2,1H3,(H,14,24)(H2,15,16,22,23)/t4-,5-,7-,10-/m1/s1. The van der Waals surface area contributed by atoms with Crippen molar-refractivity contribution < 1.29 is 19.7 Å². The van der Waals surface area contributed by atoms with E-state index >= 15 is 0 Å². The molecule has 0 bridgehead atoms. The fourth-order valence-corrected chi connectivity index (χ4v) is 2.71. The number of aromatic nitrogens is 4. The van der Waals surface area contributed by atoms with Crippen molar-refractivity contribution in [1.29, 1.82) is 0 Å². The molecule has 26 heavy (non-hydrogen) atoms. The highest BCUT2D eigenvalue weighted by atomic mass is 16.5. The molecule has 3 rings (SSSR count). The number of aliphatic hydroxyl groups is 2. The van der Waals surface area contributed by atoms with Gasteiger partial charge in [0.05, 0.1) is 18.2 Å². The minimum atomic E-state index is -1.35. The molecular formula is C12H15N7O7. The van der Waals surface area contributed by atoms with E-state index in [9.17, 15) is 29.5 Å². The molecule has 0 saturated carbocycles. The second-order valence-electron chi connectivity index (χ2n) is 5.58. The summed E-state index contributed by atoms with van der Waals surface area (Å²) in [5.74, 6) is 0. The van der Waals surface area contributed by atoms with Crippen LogP contribution in [0, 0.1) is 4.91 Å². The van der Waals surface area contributed by atoms with Crippen LogP contribution in [0.15, 0.2) is 21.2 Å². The van der Waals surface area contributed by atoms with Gasteiger partial charge in [0.15, 0.2) is 11.7 Å². The lowest BCUT2D eigenvalue weighted by Gasteiger charge is -2.23. The van der Waals surface area contributed by atoms with E-state index in [4.69, 9.17) is 4.74 Å². The summed E-state index contributed by atoms with van der Waals surface area (Å²) >= 11 is 0. The first kappa shape index (κ1) is 17.7. The number of urea groups is 1. The van der Waals surface area contributed by atoms with Gasteiger partial charge in [0.1, 0.15) is 23.9 Å². The number of aliphatic hydroxyl groups excluding tert-OH is 2. The van der Waals surface area contributed by atoms with Gasteiger partial charge in [0.25, 0.3) is 5.56 Å². The maximum Gasteiger partial charge on any atom is 0.340 e. The highest BCUT2D eigenvalue weighted by molar-refractivity contribution is 5.74. The van der Waals surface area contributed by atoms with Gasteiger partial charge in [-0.25, -0.2) is 14.6 Å². The van der Waals surface area contributed by atoms with Crippen molar-refractivity contribution in [2.75, 3.05) is 13.7 Å². The predicted molar refractivity (Wildman–Crippen MR) is 83.9 cm³/mol. The van der Waals surface area contributed by atoms with E-state index < -0.39 is 48.4 Å². The van der Waals surface area contributed by atoms with Gasteiger partial charge in [-0.15, -0.1) is 4.91 Å². The van der Waals surface area contributed by atoms with Gasteiger partial charge in [0.2, 0.25) is 0 Å². The number of aromatic amines is 2. The molecule has 0 aromatic carbocycles. The van der Waals surface area contributed by atoms with Gasteiger partial charge in [-0.1, -0.05) is 0 Å². The van der Waals surface area contributed by atoms with Gasteiger partial charge in [-0.05, 0) is 0 Å². The fourth-order valence-electron chi connectivity index (χ4n) is 2.71. The molecule has 3 heterocycles. The van der Waals surface area contributed by atoms with Gasteiger partial charge < -0.3 is 20.3 Å². The number of nitrogens with one attached hydrogen (secondary N) is 3. The number of fused-ring (bicyclic) bond motifs is 1. The van der Waals surface area contributed by atoms with E-state index in [0.717, 1.165) is 7.05 Å². The van der Waals surface area contributed by atoms with Crippen LogP contribution in [0.25, 0.3) is 11.2 Å². The highest BCUT2D eigenvalue weighted by Crippen LogP contribution is 2.30. The number of ether oxygens (including phenoxy) is 1. The predicted octanol–water partition coefficient (Wildman–Crippen LogP) is -2.65. The Kier molecular flexibility index (Phi) is 4.54. The Morgan fingerprint density at radius 3 is 2.88 bits per heavy atom. The second kappa shape index (κ2) is 6.66. The number of hydrogen-bond acceptors (Lipinski definition) is 9. The zero-order valence-corrected chi connectivity index (χ0v) is 13.3. The van der Waals surface area contributed by atoms with Crippen molar-refractivity contribution in [3.05, 3.63) is 32.1 Å². The smallest absolute Gasteiger partial charge is 0.340 e. The summed E-state index contributed by atoms with van der Waals surface area (Å²) in [7, 11) is 1.10. The highest BCUT2D eigenvalue weighted by Gasteiger charge is 2.46. The molecule has 5 N–H and O–H groups in total. The first-order valence-electron chi connectivity index (χ1n) is 7.38. The number of hydrogen-bond donors (Lipinski definition) is 5. The zero-order chi connectivity index (χ0) is 19.0. The summed E-state index contributed by atoms with van der Waals surface area (Å²) in [5.41, 5.74) is -1.61. The Labute approximate surface area is 143 Å². The molecule has 1 aliphatic rings. The molecule has 0 unspecified atom stereocenters. The second-order valence-corrected chi connectivity index (χ2v) is 5.58. The molecule has 4 atom stereocenters. The summed E-state index contributed by atoms with van der Waals surface area (Å²) in [6, 6.07) is -2.06. The molecule has 1 fully saturated rings. The van der Waals surface area contributed by atoms with Gasteiger partial charge in [-0.3, -0.25) is 19.3 Å². The molecule has 1 saturated heterocycles.